The molecule has 0 spiro atoms. The van der Waals surface area contributed by atoms with Gasteiger partial charge in [-0.1, -0.05) is 12.1 Å². The summed E-state index contributed by atoms with van der Waals surface area (Å²) >= 11 is 0. The number of piperidine rings is 3. The Morgan fingerprint density at radius 2 is 2.19 bits per heavy atom. The van der Waals surface area contributed by atoms with Gasteiger partial charge >= 0.3 is 0 Å². The molecule has 4 atom stereocenters. The van der Waals surface area contributed by atoms with Crippen LogP contribution >= 0.6 is 0 Å². The Kier molecular flexibility index (Phi) is 4.36. The summed E-state index contributed by atoms with van der Waals surface area (Å²) in [5.41, 5.74) is 0.786. The summed E-state index contributed by atoms with van der Waals surface area (Å²) in [6, 6.07) is 4.65. The van der Waals surface area contributed by atoms with Crippen molar-refractivity contribution in [2.24, 2.45) is 11.8 Å². The number of hydrogen-bond donors (Lipinski definition) is 1. The van der Waals surface area contributed by atoms with Crippen molar-refractivity contribution < 1.29 is 8.78 Å². The second kappa shape index (κ2) is 6.24. The molecule has 0 amide bonds. The molecule has 3 fully saturated rings. The van der Waals surface area contributed by atoms with Crippen LogP contribution in [0.3, 0.4) is 0 Å². The number of nitrogens with one attached hydrogen (secondary N) is 1. The first-order chi connectivity index (χ1) is 10.2. The lowest BCUT2D eigenvalue weighted by atomic mass is 9.75. The van der Waals surface area contributed by atoms with E-state index in [1.54, 1.807) is 6.07 Å². The third-order valence-corrected chi connectivity index (χ3v) is 4.93. The van der Waals surface area contributed by atoms with Crippen LogP contribution in [0.2, 0.25) is 0 Å². The smallest absolute Gasteiger partial charge is 0.159 e. The van der Waals surface area contributed by atoms with Crippen LogP contribution in [-0.2, 0) is 6.54 Å². The van der Waals surface area contributed by atoms with E-state index in [0.717, 1.165) is 24.6 Å². The molecule has 4 heteroatoms. The van der Waals surface area contributed by atoms with E-state index >= 15 is 0 Å². The average molecular weight is 292 g/mol. The number of benzene rings is 1. The predicted octanol–water partition coefficient (Wildman–Crippen LogP) is 2.95. The van der Waals surface area contributed by atoms with Crippen LogP contribution in [-0.4, -0.2) is 30.6 Å². The standard InChI is InChI=1S/C17H22F2N2/c1-2-13-11-21-6-5-14(13)8-15(21)10-20-9-12-3-4-16(18)17(19)7-12/h2-4,7,13-15,20H,1,5-6,8-11H2/t13-,14+,15-/m1/s1. The van der Waals surface area contributed by atoms with Crippen LogP contribution in [0.25, 0.3) is 0 Å². The van der Waals surface area contributed by atoms with Gasteiger partial charge in [0.05, 0.1) is 0 Å². The third-order valence-electron chi connectivity index (χ3n) is 4.93. The molecule has 3 aliphatic rings. The summed E-state index contributed by atoms with van der Waals surface area (Å²) in [6.07, 6.45) is 4.58. The van der Waals surface area contributed by atoms with Gasteiger partial charge in [0, 0.05) is 25.7 Å². The lowest BCUT2D eigenvalue weighted by Gasteiger charge is -2.49. The van der Waals surface area contributed by atoms with Crippen LogP contribution in [0, 0.1) is 23.5 Å². The Labute approximate surface area is 124 Å². The third kappa shape index (κ3) is 3.16. The predicted molar refractivity (Wildman–Crippen MR) is 79.8 cm³/mol. The van der Waals surface area contributed by atoms with E-state index in [1.165, 1.54) is 31.5 Å². The highest BCUT2D eigenvalue weighted by atomic mass is 19.2. The van der Waals surface area contributed by atoms with Gasteiger partial charge < -0.3 is 5.32 Å². The Morgan fingerprint density at radius 3 is 2.86 bits per heavy atom. The van der Waals surface area contributed by atoms with Crippen molar-refractivity contribution in [1.82, 2.24) is 10.2 Å². The minimum absolute atomic E-state index is 0.560. The summed E-state index contributed by atoms with van der Waals surface area (Å²) in [6.45, 7) is 7.71. The minimum atomic E-state index is -0.787. The molecule has 3 heterocycles. The Balaban J connectivity index is 1.50. The molecule has 4 rings (SSSR count). The van der Waals surface area contributed by atoms with Crippen LogP contribution in [0.4, 0.5) is 8.78 Å². The molecule has 1 aromatic rings. The van der Waals surface area contributed by atoms with Crippen LogP contribution in [0.15, 0.2) is 30.9 Å². The topological polar surface area (TPSA) is 15.3 Å². The van der Waals surface area contributed by atoms with Crippen molar-refractivity contribution in [2.45, 2.75) is 25.4 Å². The molecule has 3 saturated heterocycles. The number of nitrogens with zero attached hydrogens (tertiary/aromatic N) is 1. The fourth-order valence-corrected chi connectivity index (χ4v) is 3.69. The molecule has 1 aromatic carbocycles. The monoisotopic (exact) mass is 292 g/mol. The summed E-state index contributed by atoms with van der Waals surface area (Å²) in [4.78, 5) is 2.53. The van der Waals surface area contributed by atoms with E-state index < -0.39 is 11.6 Å². The molecule has 2 nitrogen and oxygen atoms in total. The summed E-state index contributed by atoms with van der Waals surface area (Å²) in [5, 5.41) is 3.38. The van der Waals surface area contributed by atoms with E-state index in [1.807, 2.05) is 0 Å². The lowest BCUT2D eigenvalue weighted by molar-refractivity contribution is 0.0195. The molecule has 2 bridgehead atoms. The first-order valence-electron chi connectivity index (χ1n) is 7.68. The number of fused-ring (bicyclic) bond motifs is 3. The zero-order chi connectivity index (χ0) is 14.8. The molecule has 1 N–H and O–H groups in total. The van der Waals surface area contributed by atoms with Crippen LogP contribution < -0.4 is 5.32 Å². The zero-order valence-electron chi connectivity index (χ0n) is 12.2. The van der Waals surface area contributed by atoms with Gasteiger partial charge in [-0.05, 0) is 48.9 Å². The highest BCUT2D eigenvalue weighted by Gasteiger charge is 2.38. The summed E-state index contributed by atoms with van der Waals surface area (Å²) in [5.74, 6) is -0.155. The maximum absolute atomic E-state index is 13.1. The first kappa shape index (κ1) is 14.7. The van der Waals surface area contributed by atoms with Gasteiger partial charge in [-0.2, -0.15) is 0 Å². The van der Waals surface area contributed by atoms with Gasteiger partial charge in [-0.15, -0.1) is 6.58 Å². The van der Waals surface area contributed by atoms with Gasteiger partial charge in [0.2, 0.25) is 0 Å². The van der Waals surface area contributed by atoms with Crippen molar-refractivity contribution in [3.63, 3.8) is 0 Å². The largest absolute Gasteiger partial charge is 0.311 e. The second-order valence-corrected chi connectivity index (χ2v) is 6.21. The first-order valence-corrected chi connectivity index (χ1v) is 7.68. The molecule has 3 aliphatic heterocycles. The number of hydrogen-bond acceptors (Lipinski definition) is 2. The average Bonchev–Trinajstić information content (AvgIpc) is 2.51. The van der Waals surface area contributed by atoms with Crippen molar-refractivity contribution in [2.75, 3.05) is 19.6 Å². The molecular weight excluding hydrogens is 270 g/mol. The van der Waals surface area contributed by atoms with Crippen molar-refractivity contribution in [3.8, 4) is 0 Å². The molecule has 0 aromatic heterocycles. The normalized spacial score (nSPS) is 31.3. The molecular formula is C17H22F2N2. The highest BCUT2D eigenvalue weighted by Crippen LogP contribution is 2.36. The van der Waals surface area contributed by atoms with Crippen molar-refractivity contribution >= 4 is 0 Å². The molecule has 1 unspecified atom stereocenters. The Bertz CT molecular complexity index is 518. The number of rotatable bonds is 5. The van der Waals surface area contributed by atoms with Gasteiger partial charge in [-0.3, -0.25) is 4.90 Å². The van der Waals surface area contributed by atoms with Gasteiger partial charge in [0.25, 0.3) is 0 Å². The Hall–Kier alpha value is -1.26. The van der Waals surface area contributed by atoms with Crippen molar-refractivity contribution in [1.29, 1.82) is 0 Å². The molecule has 114 valence electrons. The Morgan fingerprint density at radius 1 is 1.33 bits per heavy atom. The van der Waals surface area contributed by atoms with E-state index in [-0.39, 0.29) is 0 Å². The van der Waals surface area contributed by atoms with E-state index in [2.05, 4.69) is 22.9 Å². The van der Waals surface area contributed by atoms with E-state index in [9.17, 15) is 8.78 Å². The highest BCUT2D eigenvalue weighted by molar-refractivity contribution is 5.17. The second-order valence-electron chi connectivity index (χ2n) is 6.21. The molecule has 0 saturated carbocycles. The molecule has 0 aliphatic carbocycles. The molecule has 0 radical (unpaired) electrons. The van der Waals surface area contributed by atoms with Crippen LogP contribution in [0.5, 0.6) is 0 Å². The number of halogens is 2. The minimum Gasteiger partial charge on any atom is -0.311 e. The SMILES string of the molecule is C=C[C@@H]1CN2CC[C@H]1C[C@@H]2CNCc1ccc(F)c(F)c1. The fraction of sp³-hybridized carbons (Fsp3) is 0.529. The van der Waals surface area contributed by atoms with Gasteiger partial charge in [0.1, 0.15) is 0 Å². The quantitative estimate of drug-likeness (QED) is 0.839. The van der Waals surface area contributed by atoms with Gasteiger partial charge in [-0.25, -0.2) is 8.78 Å². The lowest BCUT2D eigenvalue weighted by Crippen LogP contribution is -2.55. The van der Waals surface area contributed by atoms with Crippen LogP contribution in [0.1, 0.15) is 18.4 Å². The molecule has 21 heavy (non-hydrogen) atoms. The van der Waals surface area contributed by atoms with Crippen molar-refractivity contribution in [3.05, 3.63) is 48.1 Å². The maximum atomic E-state index is 13.1. The maximum Gasteiger partial charge on any atom is 0.159 e. The van der Waals surface area contributed by atoms with E-state index in [4.69, 9.17) is 0 Å². The summed E-state index contributed by atoms with van der Waals surface area (Å²) in [7, 11) is 0. The van der Waals surface area contributed by atoms with Gasteiger partial charge in [0.15, 0.2) is 11.6 Å². The zero-order valence-corrected chi connectivity index (χ0v) is 12.2. The summed E-state index contributed by atoms with van der Waals surface area (Å²) < 4.78 is 26.0. The van der Waals surface area contributed by atoms with E-state index in [0.29, 0.717) is 18.5 Å². The fourth-order valence-electron chi connectivity index (χ4n) is 3.69.